The molecule has 124 valence electrons. The van der Waals surface area contributed by atoms with Crippen molar-refractivity contribution in [1.82, 2.24) is 5.32 Å². The third kappa shape index (κ3) is 4.20. The van der Waals surface area contributed by atoms with E-state index in [1.165, 1.54) is 0 Å². The summed E-state index contributed by atoms with van der Waals surface area (Å²) < 4.78 is 10.4. The molecule has 1 aliphatic rings. The molecule has 1 aromatic carbocycles. The summed E-state index contributed by atoms with van der Waals surface area (Å²) in [6.07, 6.45) is -0.879. The van der Waals surface area contributed by atoms with Crippen LogP contribution in [0.2, 0.25) is 0 Å². The molecule has 0 spiro atoms. The minimum absolute atomic E-state index is 0.249. The average molecular weight is 317 g/mol. The van der Waals surface area contributed by atoms with Crippen molar-refractivity contribution in [3.8, 4) is 0 Å². The Bertz CT molecular complexity index is 594. The number of esters is 2. The van der Waals surface area contributed by atoms with Gasteiger partial charge >= 0.3 is 11.9 Å². The molecule has 2 rings (SSSR count). The lowest BCUT2D eigenvalue weighted by Crippen LogP contribution is -2.43. The molecule has 0 bridgehead atoms. The molecular formula is C18H23NO4. The van der Waals surface area contributed by atoms with E-state index in [9.17, 15) is 9.59 Å². The second-order valence-electron chi connectivity index (χ2n) is 6.56. The molecule has 2 atom stereocenters. The molecule has 1 aliphatic heterocycles. The highest BCUT2D eigenvalue weighted by Crippen LogP contribution is 2.31. The fourth-order valence-corrected chi connectivity index (χ4v) is 2.39. The van der Waals surface area contributed by atoms with E-state index in [1.807, 2.05) is 44.2 Å². The zero-order chi connectivity index (χ0) is 17.0. The second kappa shape index (κ2) is 6.96. The number of rotatable bonds is 6. The van der Waals surface area contributed by atoms with E-state index in [2.05, 4.69) is 11.9 Å². The predicted octanol–water partition coefficient (Wildman–Crippen LogP) is 2.22. The largest absolute Gasteiger partial charge is 0.462 e. The molecule has 0 unspecified atom stereocenters. The van der Waals surface area contributed by atoms with E-state index >= 15 is 0 Å². The van der Waals surface area contributed by atoms with Gasteiger partial charge in [0.05, 0.1) is 0 Å². The molecule has 1 saturated heterocycles. The summed E-state index contributed by atoms with van der Waals surface area (Å²) in [5.74, 6) is -1.00. The van der Waals surface area contributed by atoms with Gasteiger partial charge in [-0.05, 0) is 12.5 Å². The molecule has 0 saturated carbocycles. The molecule has 5 nitrogen and oxygen atoms in total. The number of cyclic esters (lactones) is 1. The third-order valence-electron chi connectivity index (χ3n) is 3.83. The molecule has 0 aromatic heterocycles. The van der Waals surface area contributed by atoms with Gasteiger partial charge in [-0.2, -0.15) is 0 Å². The van der Waals surface area contributed by atoms with Crippen LogP contribution in [0.1, 0.15) is 26.3 Å². The molecule has 1 heterocycles. The Morgan fingerprint density at radius 1 is 1.43 bits per heavy atom. The minimum atomic E-state index is -0.879. The number of hydrogen-bond donors (Lipinski definition) is 1. The Morgan fingerprint density at radius 3 is 2.61 bits per heavy atom. The van der Waals surface area contributed by atoms with E-state index in [0.29, 0.717) is 12.1 Å². The van der Waals surface area contributed by atoms with Gasteiger partial charge in [-0.25, -0.2) is 9.59 Å². The first-order valence-electron chi connectivity index (χ1n) is 7.61. The highest BCUT2D eigenvalue weighted by molar-refractivity contribution is 5.85. The zero-order valence-corrected chi connectivity index (χ0v) is 13.8. The Hall–Kier alpha value is -2.14. The van der Waals surface area contributed by atoms with Crippen molar-refractivity contribution in [2.45, 2.75) is 39.5 Å². The maximum atomic E-state index is 12.4. The van der Waals surface area contributed by atoms with E-state index in [1.54, 1.807) is 6.92 Å². The summed E-state index contributed by atoms with van der Waals surface area (Å²) in [5, 5.41) is 3.13. The smallest absolute Gasteiger partial charge is 0.348 e. The zero-order valence-electron chi connectivity index (χ0n) is 13.8. The van der Waals surface area contributed by atoms with Crippen molar-refractivity contribution in [3.63, 3.8) is 0 Å². The number of benzene rings is 1. The van der Waals surface area contributed by atoms with Crippen LogP contribution in [0, 0.1) is 5.41 Å². The first-order chi connectivity index (χ1) is 10.8. The molecular weight excluding hydrogens is 294 g/mol. The van der Waals surface area contributed by atoms with Gasteiger partial charge in [-0.1, -0.05) is 56.3 Å². The number of carbonyl (C=O) groups excluding carboxylic acids is 2. The van der Waals surface area contributed by atoms with Crippen LogP contribution < -0.4 is 5.32 Å². The summed E-state index contributed by atoms with van der Waals surface area (Å²) in [6.45, 7) is 10.0. The van der Waals surface area contributed by atoms with Gasteiger partial charge in [-0.15, -0.1) is 0 Å². The third-order valence-corrected chi connectivity index (χ3v) is 3.83. The number of carbonyl (C=O) groups is 2. The molecule has 5 heteroatoms. The van der Waals surface area contributed by atoms with Gasteiger partial charge in [0, 0.05) is 12.0 Å². The van der Waals surface area contributed by atoms with Crippen molar-refractivity contribution in [1.29, 1.82) is 0 Å². The van der Waals surface area contributed by atoms with Gasteiger partial charge < -0.3 is 9.47 Å². The average Bonchev–Trinajstić information content (AvgIpc) is 2.75. The van der Waals surface area contributed by atoms with Crippen molar-refractivity contribution in [2.75, 3.05) is 6.61 Å². The van der Waals surface area contributed by atoms with Crippen LogP contribution in [0.25, 0.3) is 0 Å². The van der Waals surface area contributed by atoms with Gasteiger partial charge in [0.15, 0.2) is 0 Å². The number of hydrogen-bond acceptors (Lipinski definition) is 5. The standard InChI is InChI=1S/C18H23NO4/c1-12(2)14(19-10-13-8-6-5-7-9-13)16(20)23-15-17(21)22-11-18(15,3)4/h5-9,14-15,19H,1,10-11H2,2-4H3/t14-,15-/m0/s1. The first-order valence-corrected chi connectivity index (χ1v) is 7.61. The maximum absolute atomic E-state index is 12.4. The molecule has 0 amide bonds. The lowest BCUT2D eigenvalue weighted by molar-refractivity contribution is -0.164. The molecule has 1 aromatic rings. The van der Waals surface area contributed by atoms with Gasteiger partial charge in [0.2, 0.25) is 6.10 Å². The van der Waals surface area contributed by atoms with E-state index in [-0.39, 0.29) is 6.61 Å². The van der Waals surface area contributed by atoms with Crippen molar-refractivity contribution in [2.24, 2.45) is 5.41 Å². The molecule has 0 radical (unpaired) electrons. The summed E-state index contributed by atoms with van der Waals surface area (Å²) in [5.41, 5.74) is 1.16. The second-order valence-corrected chi connectivity index (χ2v) is 6.56. The molecule has 23 heavy (non-hydrogen) atoms. The Morgan fingerprint density at radius 2 is 2.09 bits per heavy atom. The number of ether oxygens (including phenoxy) is 2. The Balaban J connectivity index is 2.01. The Kier molecular flexibility index (Phi) is 5.21. The fraction of sp³-hybridized carbons (Fsp3) is 0.444. The van der Waals surface area contributed by atoms with Crippen LogP contribution >= 0.6 is 0 Å². The summed E-state index contributed by atoms with van der Waals surface area (Å²) in [7, 11) is 0. The Labute approximate surface area is 136 Å². The number of nitrogens with one attached hydrogen (secondary N) is 1. The first kappa shape index (κ1) is 17.2. The minimum Gasteiger partial charge on any atom is -0.462 e. The normalized spacial score (nSPS) is 20.7. The van der Waals surface area contributed by atoms with Crippen LogP contribution in [-0.2, 0) is 25.6 Å². The summed E-state index contributed by atoms with van der Waals surface area (Å²) in [4.78, 5) is 24.2. The predicted molar refractivity (Wildman–Crippen MR) is 86.5 cm³/mol. The van der Waals surface area contributed by atoms with Crippen molar-refractivity contribution < 1.29 is 19.1 Å². The van der Waals surface area contributed by atoms with Crippen LogP contribution in [0.15, 0.2) is 42.5 Å². The lowest BCUT2D eigenvalue weighted by Gasteiger charge is -2.25. The molecule has 0 aliphatic carbocycles. The summed E-state index contributed by atoms with van der Waals surface area (Å²) in [6, 6.07) is 9.06. The van der Waals surface area contributed by atoms with Crippen LogP contribution in [-0.4, -0.2) is 30.7 Å². The molecule has 1 fully saturated rings. The lowest BCUT2D eigenvalue weighted by atomic mass is 9.90. The van der Waals surface area contributed by atoms with Crippen LogP contribution in [0.3, 0.4) is 0 Å². The highest BCUT2D eigenvalue weighted by Gasteiger charge is 2.47. The SMILES string of the molecule is C=C(C)[C@H](NCc1ccccc1)C(=O)O[C@H]1C(=O)OCC1(C)C. The van der Waals surface area contributed by atoms with Gasteiger partial charge in [-0.3, -0.25) is 5.32 Å². The topological polar surface area (TPSA) is 64.6 Å². The van der Waals surface area contributed by atoms with Gasteiger partial charge in [0.25, 0.3) is 0 Å². The monoisotopic (exact) mass is 317 g/mol. The van der Waals surface area contributed by atoms with E-state index in [4.69, 9.17) is 9.47 Å². The van der Waals surface area contributed by atoms with Crippen LogP contribution in [0.4, 0.5) is 0 Å². The van der Waals surface area contributed by atoms with Crippen LogP contribution in [0.5, 0.6) is 0 Å². The van der Waals surface area contributed by atoms with E-state index < -0.39 is 29.5 Å². The summed E-state index contributed by atoms with van der Waals surface area (Å²) >= 11 is 0. The maximum Gasteiger partial charge on any atom is 0.348 e. The van der Waals surface area contributed by atoms with Crippen molar-refractivity contribution in [3.05, 3.63) is 48.0 Å². The van der Waals surface area contributed by atoms with E-state index in [0.717, 1.165) is 5.56 Å². The van der Waals surface area contributed by atoms with Crippen molar-refractivity contribution >= 4 is 11.9 Å². The van der Waals surface area contributed by atoms with Gasteiger partial charge in [0.1, 0.15) is 12.6 Å². The quantitative estimate of drug-likeness (QED) is 0.644. The highest BCUT2D eigenvalue weighted by atomic mass is 16.6. The fourth-order valence-electron chi connectivity index (χ4n) is 2.39. The molecule has 1 N–H and O–H groups in total.